The summed E-state index contributed by atoms with van der Waals surface area (Å²) in [5, 5.41) is 8.81. The van der Waals surface area contributed by atoms with E-state index in [0.29, 0.717) is 13.1 Å². The average molecular weight is 287 g/mol. The van der Waals surface area contributed by atoms with Gasteiger partial charge in [-0.3, -0.25) is 9.59 Å². The lowest BCUT2D eigenvalue weighted by molar-refractivity contribution is -0.138. The molecule has 0 aliphatic carbocycles. The van der Waals surface area contributed by atoms with Gasteiger partial charge in [-0.1, -0.05) is 12.1 Å². The highest BCUT2D eigenvalue weighted by molar-refractivity contribution is 5.80. The molecule has 0 bridgehead atoms. The second-order valence-corrected chi connectivity index (χ2v) is 5.45. The highest BCUT2D eigenvalue weighted by Crippen LogP contribution is 2.20. The first-order chi connectivity index (χ1) is 10.1. The Morgan fingerprint density at radius 1 is 1.33 bits per heavy atom. The summed E-state index contributed by atoms with van der Waals surface area (Å²) in [5.74, 6) is -0.702. The van der Waals surface area contributed by atoms with Gasteiger partial charge in [-0.05, 0) is 24.5 Å². The van der Waals surface area contributed by atoms with Crippen LogP contribution in [-0.4, -0.2) is 44.5 Å². The molecule has 2 aromatic rings. The third kappa shape index (κ3) is 2.89. The number of carbonyl (C=O) groups excluding carboxylic acids is 1. The van der Waals surface area contributed by atoms with Crippen molar-refractivity contribution in [2.45, 2.75) is 19.4 Å². The molecule has 1 atom stereocenters. The fourth-order valence-corrected chi connectivity index (χ4v) is 2.85. The molecule has 0 spiro atoms. The lowest BCUT2D eigenvalue weighted by atomic mass is 10.1. The Bertz CT molecular complexity index is 680. The van der Waals surface area contributed by atoms with Crippen LogP contribution in [0.2, 0.25) is 0 Å². The van der Waals surface area contributed by atoms with Gasteiger partial charge >= 0.3 is 5.97 Å². The number of amides is 1. The SMILES string of the molecule is O=C(O)CC1CCN(C(=O)Cn2cnc3ccccc32)C1. The lowest BCUT2D eigenvalue weighted by Crippen LogP contribution is -2.32. The van der Waals surface area contributed by atoms with Crippen molar-refractivity contribution in [3.8, 4) is 0 Å². The number of rotatable bonds is 4. The van der Waals surface area contributed by atoms with Crippen molar-refractivity contribution in [1.82, 2.24) is 14.5 Å². The molecule has 1 aromatic heterocycles. The molecule has 1 fully saturated rings. The molecule has 0 saturated carbocycles. The summed E-state index contributed by atoms with van der Waals surface area (Å²) in [6.45, 7) is 1.43. The molecular formula is C15H17N3O3. The van der Waals surface area contributed by atoms with E-state index in [1.165, 1.54) is 0 Å². The van der Waals surface area contributed by atoms with Crippen molar-refractivity contribution in [3.05, 3.63) is 30.6 Å². The Morgan fingerprint density at radius 3 is 2.95 bits per heavy atom. The van der Waals surface area contributed by atoms with Gasteiger partial charge < -0.3 is 14.6 Å². The van der Waals surface area contributed by atoms with E-state index in [4.69, 9.17) is 5.11 Å². The molecule has 1 aliphatic heterocycles. The number of fused-ring (bicyclic) bond motifs is 1. The van der Waals surface area contributed by atoms with Crippen LogP contribution in [0.5, 0.6) is 0 Å². The number of imidazole rings is 1. The minimum Gasteiger partial charge on any atom is -0.481 e. The van der Waals surface area contributed by atoms with Crippen LogP contribution in [0, 0.1) is 5.92 Å². The number of hydrogen-bond donors (Lipinski definition) is 1. The quantitative estimate of drug-likeness (QED) is 0.921. The predicted octanol–water partition coefficient (Wildman–Crippen LogP) is 1.36. The fraction of sp³-hybridized carbons (Fsp3) is 0.400. The minimum atomic E-state index is -0.796. The fourth-order valence-electron chi connectivity index (χ4n) is 2.85. The van der Waals surface area contributed by atoms with E-state index in [1.807, 2.05) is 28.8 Å². The van der Waals surface area contributed by atoms with Crippen molar-refractivity contribution >= 4 is 22.9 Å². The lowest BCUT2D eigenvalue weighted by Gasteiger charge is -2.16. The van der Waals surface area contributed by atoms with Gasteiger partial charge in [0.15, 0.2) is 0 Å². The zero-order valence-corrected chi connectivity index (χ0v) is 11.6. The summed E-state index contributed by atoms with van der Waals surface area (Å²) in [6, 6.07) is 7.68. The molecule has 1 saturated heterocycles. The predicted molar refractivity (Wildman–Crippen MR) is 76.7 cm³/mol. The van der Waals surface area contributed by atoms with Crippen molar-refractivity contribution in [1.29, 1.82) is 0 Å². The number of carbonyl (C=O) groups is 2. The van der Waals surface area contributed by atoms with E-state index < -0.39 is 5.97 Å². The largest absolute Gasteiger partial charge is 0.481 e. The zero-order valence-electron chi connectivity index (χ0n) is 11.6. The molecule has 2 heterocycles. The third-order valence-electron chi connectivity index (χ3n) is 3.93. The Labute approximate surface area is 122 Å². The van der Waals surface area contributed by atoms with Crippen LogP contribution in [0.25, 0.3) is 11.0 Å². The van der Waals surface area contributed by atoms with Crippen LogP contribution < -0.4 is 0 Å². The Kier molecular flexibility index (Phi) is 3.60. The smallest absolute Gasteiger partial charge is 0.303 e. The molecule has 6 heteroatoms. The standard InChI is InChI=1S/C15H17N3O3/c19-14(17-6-5-11(8-17)7-15(20)21)9-18-10-16-12-3-1-2-4-13(12)18/h1-4,10-11H,5-9H2,(H,20,21). The third-order valence-corrected chi connectivity index (χ3v) is 3.93. The number of benzene rings is 1. The highest BCUT2D eigenvalue weighted by Gasteiger charge is 2.27. The van der Waals surface area contributed by atoms with Crippen molar-refractivity contribution in [2.24, 2.45) is 5.92 Å². The number of hydrogen-bond acceptors (Lipinski definition) is 3. The molecule has 1 unspecified atom stereocenters. The number of nitrogens with zero attached hydrogens (tertiary/aromatic N) is 3. The van der Waals surface area contributed by atoms with Crippen LogP contribution in [0.15, 0.2) is 30.6 Å². The molecule has 6 nitrogen and oxygen atoms in total. The Balaban J connectivity index is 1.66. The summed E-state index contributed by atoms with van der Waals surface area (Å²) < 4.78 is 1.84. The van der Waals surface area contributed by atoms with Crippen LogP contribution in [-0.2, 0) is 16.1 Å². The Hall–Kier alpha value is -2.37. The van der Waals surface area contributed by atoms with E-state index >= 15 is 0 Å². The van der Waals surface area contributed by atoms with Crippen LogP contribution in [0.4, 0.5) is 0 Å². The molecule has 1 amide bonds. The van der Waals surface area contributed by atoms with Gasteiger partial charge in [0, 0.05) is 19.5 Å². The number of likely N-dealkylation sites (tertiary alicyclic amines) is 1. The van der Waals surface area contributed by atoms with Crippen molar-refractivity contribution in [2.75, 3.05) is 13.1 Å². The first-order valence-electron chi connectivity index (χ1n) is 7.03. The van der Waals surface area contributed by atoms with Gasteiger partial charge in [-0.15, -0.1) is 0 Å². The monoisotopic (exact) mass is 287 g/mol. The van der Waals surface area contributed by atoms with E-state index in [9.17, 15) is 9.59 Å². The van der Waals surface area contributed by atoms with E-state index in [2.05, 4.69) is 4.98 Å². The summed E-state index contributed by atoms with van der Waals surface area (Å²) in [6.07, 6.45) is 2.58. The normalized spacial score (nSPS) is 18.3. The summed E-state index contributed by atoms with van der Waals surface area (Å²) in [5.41, 5.74) is 1.81. The number of carboxylic acid groups (broad SMARTS) is 1. The van der Waals surface area contributed by atoms with Crippen molar-refractivity contribution < 1.29 is 14.7 Å². The number of para-hydroxylation sites is 2. The minimum absolute atomic E-state index is 0.0195. The maximum absolute atomic E-state index is 12.3. The number of carboxylic acids is 1. The second kappa shape index (κ2) is 5.55. The summed E-state index contributed by atoms with van der Waals surface area (Å²) in [7, 11) is 0. The number of aliphatic carboxylic acids is 1. The highest BCUT2D eigenvalue weighted by atomic mass is 16.4. The second-order valence-electron chi connectivity index (χ2n) is 5.45. The molecule has 3 rings (SSSR count). The van der Waals surface area contributed by atoms with Gasteiger partial charge in [-0.25, -0.2) is 4.98 Å². The van der Waals surface area contributed by atoms with Gasteiger partial charge in [0.2, 0.25) is 5.91 Å². The molecule has 1 aromatic carbocycles. The molecular weight excluding hydrogens is 270 g/mol. The number of aromatic nitrogens is 2. The Morgan fingerprint density at radius 2 is 2.14 bits per heavy atom. The maximum atomic E-state index is 12.3. The summed E-state index contributed by atoms with van der Waals surface area (Å²) in [4.78, 5) is 29.1. The van der Waals surface area contributed by atoms with Gasteiger partial charge in [0.25, 0.3) is 0 Å². The van der Waals surface area contributed by atoms with E-state index in [-0.39, 0.29) is 24.8 Å². The average Bonchev–Trinajstić information content (AvgIpc) is 3.06. The van der Waals surface area contributed by atoms with E-state index in [1.54, 1.807) is 11.2 Å². The van der Waals surface area contributed by atoms with Gasteiger partial charge in [0.05, 0.1) is 17.4 Å². The van der Waals surface area contributed by atoms with Crippen LogP contribution in [0.3, 0.4) is 0 Å². The molecule has 1 aliphatic rings. The van der Waals surface area contributed by atoms with Crippen LogP contribution >= 0.6 is 0 Å². The molecule has 110 valence electrons. The molecule has 1 N–H and O–H groups in total. The van der Waals surface area contributed by atoms with Gasteiger partial charge in [0.1, 0.15) is 6.54 Å². The first-order valence-corrected chi connectivity index (χ1v) is 7.03. The zero-order chi connectivity index (χ0) is 14.8. The summed E-state index contributed by atoms with van der Waals surface area (Å²) >= 11 is 0. The van der Waals surface area contributed by atoms with Crippen LogP contribution in [0.1, 0.15) is 12.8 Å². The topological polar surface area (TPSA) is 75.4 Å². The van der Waals surface area contributed by atoms with E-state index in [0.717, 1.165) is 17.5 Å². The van der Waals surface area contributed by atoms with Gasteiger partial charge in [-0.2, -0.15) is 0 Å². The molecule has 21 heavy (non-hydrogen) atoms. The molecule has 0 radical (unpaired) electrons. The maximum Gasteiger partial charge on any atom is 0.303 e. The first kappa shape index (κ1) is 13.6. The van der Waals surface area contributed by atoms with Crippen molar-refractivity contribution in [3.63, 3.8) is 0 Å².